The Morgan fingerprint density at radius 2 is 1.92 bits per heavy atom. The van der Waals surface area contributed by atoms with Crippen LogP contribution < -0.4 is 5.32 Å². The van der Waals surface area contributed by atoms with Crippen LogP contribution >= 0.6 is 22.7 Å². The summed E-state index contributed by atoms with van der Waals surface area (Å²) in [6.45, 7) is 2.09. The fraction of sp³-hybridized carbons (Fsp3) is 0.235. The van der Waals surface area contributed by atoms with Crippen LogP contribution in [0.1, 0.15) is 18.3 Å². The topological polar surface area (TPSA) is 94.1 Å². The minimum absolute atomic E-state index is 0.0970. The first-order valence-electron chi connectivity index (χ1n) is 7.89. The van der Waals surface area contributed by atoms with Gasteiger partial charge in [-0.05, 0) is 19.1 Å². The predicted molar refractivity (Wildman–Crippen MR) is 100 cm³/mol. The molecule has 3 aromatic heterocycles. The Kier molecular flexibility index (Phi) is 6.03. The molecule has 0 radical (unpaired) electrons. The Morgan fingerprint density at radius 1 is 1.12 bits per heavy atom. The molecule has 7 nitrogen and oxygen atoms in total. The average molecular weight is 388 g/mol. The summed E-state index contributed by atoms with van der Waals surface area (Å²) in [5, 5.41) is 7.54. The average Bonchev–Trinajstić information content (AvgIpc) is 3.25. The normalized spacial score (nSPS) is 10.5. The summed E-state index contributed by atoms with van der Waals surface area (Å²) in [6, 6.07) is 5.62. The van der Waals surface area contributed by atoms with Gasteiger partial charge < -0.3 is 10.1 Å². The molecule has 0 unspecified atom stereocenters. The molecule has 0 aliphatic rings. The van der Waals surface area contributed by atoms with Crippen molar-refractivity contribution in [3.05, 3.63) is 46.5 Å². The van der Waals surface area contributed by atoms with E-state index in [9.17, 15) is 9.59 Å². The van der Waals surface area contributed by atoms with Gasteiger partial charge in [-0.2, -0.15) is 0 Å². The van der Waals surface area contributed by atoms with Gasteiger partial charge in [-0.1, -0.05) is 6.07 Å². The molecule has 3 rings (SSSR count). The SMILES string of the molecule is CCOC(=O)Cc1csc(NC(=O)Cc2csc(-c3ccccn3)n2)n1. The molecule has 0 bridgehead atoms. The number of anilines is 1. The number of pyridine rings is 1. The van der Waals surface area contributed by atoms with Crippen LogP contribution in [0.15, 0.2) is 35.2 Å². The van der Waals surface area contributed by atoms with E-state index in [1.54, 1.807) is 18.5 Å². The van der Waals surface area contributed by atoms with Crippen molar-refractivity contribution < 1.29 is 14.3 Å². The van der Waals surface area contributed by atoms with E-state index < -0.39 is 0 Å². The molecular formula is C17H16N4O3S2. The van der Waals surface area contributed by atoms with Gasteiger partial charge in [0.25, 0.3) is 0 Å². The van der Waals surface area contributed by atoms with Gasteiger partial charge in [-0.3, -0.25) is 14.6 Å². The van der Waals surface area contributed by atoms with Crippen LogP contribution in [0.5, 0.6) is 0 Å². The van der Waals surface area contributed by atoms with E-state index in [2.05, 4.69) is 20.3 Å². The molecule has 26 heavy (non-hydrogen) atoms. The van der Waals surface area contributed by atoms with Crippen molar-refractivity contribution in [1.82, 2.24) is 15.0 Å². The maximum atomic E-state index is 12.2. The number of nitrogens with zero attached hydrogens (tertiary/aromatic N) is 3. The second kappa shape index (κ2) is 8.63. The molecule has 0 aromatic carbocycles. The zero-order chi connectivity index (χ0) is 18.4. The Morgan fingerprint density at radius 3 is 2.69 bits per heavy atom. The molecule has 0 atom stereocenters. The standard InChI is InChI=1S/C17H16N4O3S2/c1-2-24-15(23)8-12-10-26-17(20-12)21-14(22)7-11-9-25-16(19-11)13-5-3-4-6-18-13/h3-6,9-10H,2,7-8H2,1H3,(H,20,21,22). The fourth-order valence-electron chi connectivity index (χ4n) is 2.13. The van der Waals surface area contributed by atoms with Gasteiger partial charge in [-0.15, -0.1) is 22.7 Å². The molecule has 0 saturated heterocycles. The monoisotopic (exact) mass is 388 g/mol. The van der Waals surface area contributed by atoms with Crippen molar-refractivity contribution in [2.45, 2.75) is 19.8 Å². The van der Waals surface area contributed by atoms with E-state index >= 15 is 0 Å². The minimum atomic E-state index is -0.333. The number of ether oxygens (including phenoxy) is 1. The first-order chi connectivity index (χ1) is 12.6. The van der Waals surface area contributed by atoms with Crippen LogP contribution in [-0.4, -0.2) is 33.4 Å². The second-order valence-electron chi connectivity index (χ2n) is 5.21. The highest BCUT2D eigenvalue weighted by atomic mass is 32.1. The number of carbonyl (C=O) groups is 2. The van der Waals surface area contributed by atoms with E-state index in [0.29, 0.717) is 23.1 Å². The summed E-state index contributed by atoms with van der Waals surface area (Å²) in [5.41, 5.74) is 2.04. The quantitative estimate of drug-likeness (QED) is 0.626. The first-order valence-corrected chi connectivity index (χ1v) is 9.65. The molecule has 0 aliphatic carbocycles. The van der Waals surface area contributed by atoms with Gasteiger partial charge in [0.1, 0.15) is 5.01 Å². The number of carbonyl (C=O) groups excluding carboxylic acids is 2. The Hall–Kier alpha value is -2.65. The lowest BCUT2D eigenvalue weighted by molar-refractivity contribution is -0.142. The number of nitrogens with one attached hydrogen (secondary N) is 1. The first kappa shape index (κ1) is 18.2. The van der Waals surface area contributed by atoms with E-state index in [4.69, 9.17) is 4.74 Å². The molecule has 1 N–H and O–H groups in total. The lowest BCUT2D eigenvalue weighted by atomic mass is 10.3. The van der Waals surface area contributed by atoms with Gasteiger partial charge in [0, 0.05) is 17.0 Å². The van der Waals surface area contributed by atoms with Crippen LogP contribution in [0.25, 0.3) is 10.7 Å². The van der Waals surface area contributed by atoms with Crippen molar-refractivity contribution in [2.24, 2.45) is 0 Å². The molecule has 3 heterocycles. The number of aromatic nitrogens is 3. The van der Waals surface area contributed by atoms with Gasteiger partial charge in [0.15, 0.2) is 5.13 Å². The Bertz CT molecular complexity index is 892. The van der Waals surface area contributed by atoms with Crippen molar-refractivity contribution in [3.63, 3.8) is 0 Å². The fourth-order valence-corrected chi connectivity index (χ4v) is 3.65. The Balaban J connectivity index is 1.55. The number of thiazole rings is 2. The second-order valence-corrected chi connectivity index (χ2v) is 6.93. The summed E-state index contributed by atoms with van der Waals surface area (Å²) >= 11 is 2.72. The molecule has 1 amide bonds. The number of rotatable bonds is 7. The highest BCUT2D eigenvalue weighted by molar-refractivity contribution is 7.14. The van der Waals surface area contributed by atoms with Gasteiger partial charge in [0.05, 0.1) is 36.5 Å². The highest BCUT2D eigenvalue weighted by Gasteiger charge is 2.13. The minimum Gasteiger partial charge on any atom is -0.466 e. The molecule has 3 aromatic rings. The number of hydrogen-bond donors (Lipinski definition) is 1. The van der Waals surface area contributed by atoms with Crippen molar-refractivity contribution in [2.75, 3.05) is 11.9 Å². The summed E-state index contributed by atoms with van der Waals surface area (Å²) in [4.78, 5) is 36.5. The van der Waals surface area contributed by atoms with Crippen molar-refractivity contribution >= 4 is 39.7 Å². The smallest absolute Gasteiger partial charge is 0.311 e. The van der Waals surface area contributed by atoms with Gasteiger partial charge in [0.2, 0.25) is 5.91 Å². The molecule has 0 aliphatic heterocycles. The zero-order valence-corrected chi connectivity index (χ0v) is 15.6. The maximum absolute atomic E-state index is 12.2. The molecule has 9 heteroatoms. The van der Waals surface area contributed by atoms with Crippen LogP contribution in [0.3, 0.4) is 0 Å². The molecule has 0 saturated carbocycles. The largest absolute Gasteiger partial charge is 0.466 e. The molecule has 0 spiro atoms. The lowest BCUT2D eigenvalue weighted by Gasteiger charge is -2.00. The lowest BCUT2D eigenvalue weighted by Crippen LogP contribution is -2.14. The molecular weight excluding hydrogens is 372 g/mol. The summed E-state index contributed by atoms with van der Waals surface area (Å²) in [6.07, 6.45) is 1.95. The zero-order valence-electron chi connectivity index (χ0n) is 14.0. The third-order valence-corrected chi connectivity index (χ3v) is 4.93. The third-order valence-electron chi connectivity index (χ3n) is 3.21. The summed E-state index contributed by atoms with van der Waals surface area (Å²) in [7, 11) is 0. The number of hydrogen-bond acceptors (Lipinski definition) is 8. The van der Waals surface area contributed by atoms with Crippen molar-refractivity contribution in [1.29, 1.82) is 0 Å². The van der Waals surface area contributed by atoms with Crippen LogP contribution in [-0.2, 0) is 27.2 Å². The van der Waals surface area contributed by atoms with E-state index in [1.807, 2.05) is 23.6 Å². The van der Waals surface area contributed by atoms with Crippen LogP contribution in [0.2, 0.25) is 0 Å². The van der Waals surface area contributed by atoms with E-state index in [1.165, 1.54) is 22.7 Å². The van der Waals surface area contributed by atoms with Crippen LogP contribution in [0, 0.1) is 0 Å². The number of esters is 1. The van der Waals surface area contributed by atoms with Gasteiger partial charge >= 0.3 is 5.97 Å². The molecule has 134 valence electrons. The van der Waals surface area contributed by atoms with Crippen LogP contribution in [0.4, 0.5) is 5.13 Å². The third kappa shape index (κ3) is 4.93. The van der Waals surface area contributed by atoms with E-state index in [-0.39, 0.29) is 24.7 Å². The van der Waals surface area contributed by atoms with Crippen molar-refractivity contribution in [3.8, 4) is 10.7 Å². The summed E-state index contributed by atoms with van der Waals surface area (Å²) in [5.74, 6) is -0.542. The summed E-state index contributed by atoms with van der Waals surface area (Å²) < 4.78 is 4.88. The maximum Gasteiger partial charge on any atom is 0.311 e. The van der Waals surface area contributed by atoms with E-state index in [0.717, 1.165) is 10.7 Å². The number of amides is 1. The predicted octanol–water partition coefficient (Wildman–Crippen LogP) is 2.95. The highest BCUT2D eigenvalue weighted by Crippen LogP contribution is 2.22. The Labute approximate surface area is 158 Å². The van der Waals surface area contributed by atoms with Gasteiger partial charge in [-0.25, -0.2) is 9.97 Å². The molecule has 0 fully saturated rings.